The number of thiophene rings is 1. The highest BCUT2D eigenvalue weighted by molar-refractivity contribution is 7.11. The molecule has 0 spiro atoms. The molecule has 0 fully saturated rings. The zero-order valence-electron chi connectivity index (χ0n) is 11.4. The molecule has 0 saturated heterocycles. The van der Waals surface area contributed by atoms with Gasteiger partial charge >= 0.3 is 0 Å². The Bertz CT molecular complexity index is 600. The highest BCUT2D eigenvalue weighted by Crippen LogP contribution is 2.23. The SMILES string of the molecule is CC(C)NC(=O)/C(=C\c1ccc(F)cc1)c1cccs1. The third kappa shape index (κ3) is 3.78. The van der Waals surface area contributed by atoms with Crippen molar-refractivity contribution in [1.29, 1.82) is 0 Å². The average Bonchev–Trinajstić information content (AvgIpc) is 2.90. The molecule has 0 aliphatic heterocycles. The topological polar surface area (TPSA) is 29.1 Å². The zero-order chi connectivity index (χ0) is 14.5. The normalized spacial score (nSPS) is 11.7. The van der Waals surface area contributed by atoms with E-state index in [0.717, 1.165) is 10.4 Å². The first-order valence-corrected chi connectivity index (χ1v) is 7.26. The van der Waals surface area contributed by atoms with Gasteiger partial charge in [0, 0.05) is 10.9 Å². The summed E-state index contributed by atoms with van der Waals surface area (Å²) in [5.74, 6) is -0.404. The lowest BCUT2D eigenvalue weighted by molar-refractivity contribution is -0.116. The van der Waals surface area contributed by atoms with Crippen molar-refractivity contribution in [2.75, 3.05) is 0 Å². The van der Waals surface area contributed by atoms with E-state index in [2.05, 4.69) is 5.32 Å². The number of amides is 1. The first kappa shape index (κ1) is 14.5. The first-order valence-electron chi connectivity index (χ1n) is 6.38. The van der Waals surface area contributed by atoms with Gasteiger partial charge in [-0.2, -0.15) is 0 Å². The third-order valence-electron chi connectivity index (χ3n) is 2.63. The van der Waals surface area contributed by atoms with Crippen molar-refractivity contribution in [1.82, 2.24) is 5.32 Å². The second-order valence-electron chi connectivity index (χ2n) is 4.72. The van der Waals surface area contributed by atoms with Crippen LogP contribution < -0.4 is 5.32 Å². The van der Waals surface area contributed by atoms with E-state index in [1.54, 1.807) is 18.2 Å². The standard InChI is InChI=1S/C16H16FNOS/c1-11(2)18-16(19)14(15-4-3-9-20-15)10-12-5-7-13(17)8-6-12/h3-11H,1-2H3,(H,18,19)/b14-10-. The molecule has 0 atom stereocenters. The van der Waals surface area contributed by atoms with Gasteiger partial charge in [0.1, 0.15) is 5.82 Å². The summed E-state index contributed by atoms with van der Waals surface area (Å²) < 4.78 is 12.9. The second kappa shape index (κ2) is 6.48. The van der Waals surface area contributed by atoms with E-state index < -0.39 is 0 Å². The lowest BCUT2D eigenvalue weighted by atomic mass is 10.1. The summed E-state index contributed by atoms with van der Waals surface area (Å²) in [6, 6.07) is 9.97. The molecule has 1 amide bonds. The number of benzene rings is 1. The van der Waals surface area contributed by atoms with Crippen molar-refractivity contribution in [2.45, 2.75) is 19.9 Å². The number of hydrogen-bond donors (Lipinski definition) is 1. The number of carbonyl (C=O) groups is 1. The zero-order valence-corrected chi connectivity index (χ0v) is 12.2. The van der Waals surface area contributed by atoms with Crippen LogP contribution in [-0.2, 0) is 4.79 Å². The molecule has 0 bridgehead atoms. The van der Waals surface area contributed by atoms with Gasteiger partial charge in [-0.3, -0.25) is 4.79 Å². The maximum atomic E-state index is 12.9. The molecule has 1 aromatic carbocycles. The average molecular weight is 289 g/mol. The van der Waals surface area contributed by atoms with Crippen LogP contribution in [0.25, 0.3) is 11.6 Å². The largest absolute Gasteiger partial charge is 0.350 e. The van der Waals surface area contributed by atoms with Gasteiger partial charge < -0.3 is 5.32 Å². The summed E-state index contributed by atoms with van der Waals surface area (Å²) in [6.07, 6.45) is 1.78. The van der Waals surface area contributed by atoms with Crippen molar-refractivity contribution < 1.29 is 9.18 Å². The lowest BCUT2D eigenvalue weighted by Crippen LogP contribution is -2.30. The molecular weight excluding hydrogens is 273 g/mol. The predicted octanol–water partition coefficient (Wildman–Crippen LogP) is 3.95. The minimum atomic E-state index is -0.286. The smallest absolute Gasteiger partial charge is 0.252 e. The maximum Gasteiger partial charge on any atom is 0.252 e. The van der Waals surface area contributed by atoms with Crippen molar-refractivity contribution >= 4 is 28.9 Å². The lowest BCUT2D eigenvalue weighted by Gasteiger charge is -2.10. The molecule has 0 unspecified atom stereocenters. The van der Waals surface area contributed by atoms with Gasteiger partial charge in [-0.05, 0) is 49.1 Å². The van der Waals surface area contributed by atoms with E-state index in [1.165, 1.54) is 23.5 Å². The molecule has 2 aromatic rings. The minimum absolute atomic E-state index is 0.0686. The summed E-state index contributed by atoms with van der Waals surface area (Å²) in [5, 5.41) is 4.82. The van der Waals surface area contributed by atoms with E-state index >= 15 is 0 Å². The molecule has 1 heterocycles. The maximum absolute atomic E-state index is 12.9. The Balaban J connectivity index is 2.36. The van der Waals surface area contributed by atoms with Crippen LogP contribution in [0.4, 0.5) is 4.39 Å². The van der Waals surface area contributed by atoms with Gasteiger partial charge in [0.25, 0.3) is 5.91 Å². The Morgan fingerprint density at radius 2 is 1.95 bits per heavy atom. The van der Waals surface area contributed by atoms with Crippen molar-refractivity contribution in [2.24, 2.45) is 0 Å². The minimum Gasteiger partial charge on any atom is -0.350 e. The first-order chi connectivity index (χ1) is 9.56. The molecule has 0 aliphatic rings. The molecule has 2 rings (SSSR count). The fraction of sp³-hybridized carbons (Fsp3) is 0.188. The molecule has 104 valence electrons. The Kier molecular flexibility index (Phi) is 4.69. The number of halogens is 1. The Hall–Kier alpha value is -1.94. The van der Waals surface area contributed by atoms with Crippen LogP contribution in [0.15, 0.2) is 41.8 Å². The summed E-state index contributed by atoms with van der Waals surface area (Å²) in [6.45, 7) is 3.84. The van der Waals surface area contributed by atoms with Gasteiger partial charge in [0.05, 0.1) is 5.57 Å². The number of nitrogens with one attached hydrogen (secondary N) is 1. The fourth-order valence-corrected chi connectivity index (χ4v) is 2.49. The van der Waals surface area contributed by atoms with Crippen LogP contribution in [-0.4, -0.2) is 11.9 Å². The van der Waals surface area contributed by atoms with Gasteiger partial charge in [-0.25, -0.2) is 4.39 Å². The fourth-order valence-electron chi connectivity index (χ4n) is 1.75. The molecule has 0 aliphatic carbocycles. The Morgan fingerprint density at radius 1 is 1.25 bits per heavy atom. The molecule has 0 saturated carbocycles. The molecular formula is C16H16FNOS. The number of rotatable bonds is 4. The highest BCUT2D eigenvalue weighted by atomic mass is 32.1. The molecule has 2 nitrogen and oxygen atoms in total. The second-order valence-corrected chi connectivity index (χ2v) is 5.66. The van der Waals surface area contributed by atoms with Crippen LogP contribution >= 0.6 is 11.3 Å². The summed E-state index contributed by atoms with van der Waals surface area (Å²) in [7, 11) is 0. The van der Waals surface area contributed by atoms with E-state index in [1.807, 2.05) is 31.4 Å². The van der Waals surface area contributed by atoms with Crippen LogP contribution in [0.2, 0.25) is 0 Å². The summed E-state index contributed by atoms with van der Waals surface area (Å²) >= 11 is 1.51. The molecule has 20 heavy (non-hydrogen) atoms. The van der Waals surface area contributed by atoms with Crippen molar-refractivity contribution in [3.05, 3.63) is 58.0 Å². The van der Waals surface area contributed by atoms with E-state index in [-0.39, 0.29) is 17.8 Å². The van der Waals surface area contributed by atoms with E-state index in [9.17, 15) is 9.18 Å². The van der Waals surface area contributed by atoms with Gasteiger partial charge in [-0.1, -0.05) is 18.2 Å². The van der Waals surface area contributed by atoms with E-state index in [4.69, 9.17) is 0 Å². The van der Waals surface area contributed by atoms with Gasteiger partial charge in [0.15, 0.2) is 0 Å². The highest BCUT2D eigenvalue weighted by Gasteiger charge is 2.13. The summed E-state index contributed by atoms with van der Waals surface area (Å²) in [5.41, 5.74) is 1.40. The van der Waals surface area contributed by atoms with Crippen LogP contribution in [0.5, 0.6) is 0 Å². The quantitative estimate of drug-likeness (QED) is 0.848. The third-order valence-corrected chi connectivity index (χ3v) is 3.54. The molecule has 0 radical (unpaired) electrons. The van der Waals surface area contributed by atoms with Crippen molar-refractivity contribution in [3.8, 4) is 0 Å². The van der Waals surface area contributed by atoms with Crippen LogP contribution in [0.1, 0.15) is 24.3 Å². The monoisotopic (exact) mass is 289 g/mol. The van der Waals surface area contributed by atoms with Gasteiger partial charge in [-0.15, -0.1) is 11.3 Å². The molecule has 1 N–H and O–H groups in total. The predicted molar refractivity (Wildman–Crippen MR) is 81.9 cm³/mol. The van der Waals surface area contributed by atoms with Gasteiger partial charge in [0.2, 0.25) is 0 Å². The Morgan fingerprint density at radius 3 is 2.50 bits per heavy atom. The summed E-state index contributed by atoms with van der Waals surface area (Å²) in [4.78, 5) is 13.2. The molecule has 1 aromatic heterocycles. The number of carbonyl (C=O) groups excluding carboxylic acids is 1. The Labute approximate surface area is 122 Å². The molecule has 4 heteroatoms. The van der Waals surface area contributed by atoms with Crippen LogP contribution in [0, 0.1) is 5.82 Å². The van der Waals surface area contributed by atoms with E-state index in [0.29, 0.717) is 5.57 Å². The van der Waals surface area contributed by atoms with Crippen LogP contribution in [0.3, 0.4) is 0 Å². The van der Waals surface area contributed by atoms with Crippen molar-refractivity contribution in [3.63, 3.8) is 0 Å². The number of hydrogen-bond acceptors (Lipinski definition) is 2.